The summed E-state index contributed by atoms with van der Waals surface area (Å²) in [6.07, 6.45) is 4.44. The lowest BCUT2D eigenvalue weighted by Crippen LogP contribution is -2.52. The largest absolute Gasteiger partial charge is 0.375 e. The topological polar surface area (TPSA) is 63.4 Å². The average Bonchev–Trinajstić information content (AvgIpc) is 2.85. The molecule has 0 saturated carbocycles. The third-order valence-electron chi connectivity index (χ3n) is 4.56. The van der Waals surface area contributed by atoms with E-state index in [9.17, 15) is 0 Å². The van der Waals surface area contributed by atoms with Crippen LogP contribution in [-0.4, -0.2) is 53.4 Å². The Morgan fingerprint density at radius 3 is 2.90 bits per heavy atom. The van der Waals surface area contributed by atoms with Crippen molar-refractivity contribution in [1.82, 2.24) is 20.4 Å². The molecule has 112 valence electrons. The van der Waals surface area contributed by atoms with Crippen LogP contribution in [0.1, 0.15) is 37.4 Å². The summed E-state index contributed by atoms with van der Waals surface area (Å²) in [5.41, 5.74) is 0.0905. The molecule has 0 aliphatic carbocycles. The molecule has 2 saturated heterocycles. The van der Waals surface area contributed by atoms with Crippen LogP contribution in [0.4, 0.5) is 0 Å². The van der Waals surface area contributed by atoms with E-state index in [1.165, 1.54) is 0 Å². The highest BCUT2D eigenvalue weighted by atomic mass is 16.5. The molecule has 6 nitrogen and oxygen atoms in total. The zero-order chi connectivity index (χ0) is 14.0. The summed E-state index contributed by atoms with van der Waals surface area (Å²) in [5, 5.41) is 7.27. The summed E-state index contributed by atoms with van der Waals surface area (Å²) < 4.78 is 11.3. The Labute approximate surface area is 119 Å². The van der Waals surface area contributed by atoms with E-state index in [1.807, 2.05) is 6.92 Å². The zero-order valence-electron chi connectivity index (χ0n) is 12.4. The van der Waals surface area contributed by atoms with Crippen LogP contribution in [0.25, 0.3) is 0 Å². The quantitative estimate of drug-likeness (QED) is 0.895. The van der Waals surface area contributed by atoms with Gasteiger partial charge in [0.15, 0.2) is 5.82 Å². The number of nitrogens with zero attached hydrogens (tertiary/aromatic N) is 3. The molecule has 0 amide bonds. The van der Waals surface area contributed by atoms with Crippen molar-refractivity contribution < 1.29 is 9.26 Å². The fraction of sp³-hybridized carbons (Fsp3) is 0.857. The lowest BCUT2D eigenvalue weighted by Gasteiger charge is -2.45. The highest BCUT2D eigenvalue weighted by Gasteiger charge is 2.39. The zero-order valence-corrected chi connectivity index (χ0v) is 12.4. The van der Waals surface area contributed by atoms with E-state index in [2.05, 4.69) is 27.4 Å². The Bertz CT molecular complexity index is 437. The number of ether oxygens (including phenoxy) is 1. The first-order valence-electron chi connectivity index (χ1n) is 7.51. The Hall–Kier alpha value is -0.980. The van der Waals surface area contributed by atoms with Gasteiger partial charge in [0, 0.05) is 12.6 Å². The number of aromatic nitrogens is 2. The van der Waals surface area contributed by atoms with Crippen LogP contribution in [0.5, 0.6) is 0 Å². The maximum atomic E-state index is 6.12. The van der Waals surface area contributed by atoms with Gasteiger partial charge in [0.25, 0.3) is 0 Å². The molecule has 6 heteroatoms. The lowest BCUT2D eigenvalue weighted by atomic mass is 9.82. The molecule has 1 spiro atoms. The van der Waals surface area contributed by atoms with E-state index >= 15 is 0 Å². The summed E-state index contributed by atoms with van der Waals surface area (Å²) in [7, 11) is 2.14. The second kappa shape index (κ2) is 5.79. The second-order valence-electron chi connectivity index (χ2n) is 6.08. The van der Waals surface area contributed by atoms with Crippen molar-refractivity contribution in [2.75, 3.05) is 26.7 Å². The first kappa shape index (κ1) is 14.0. The Morgan fingerprint density at radius 2 is 2.20 bits per heavy atom. The van der Waals surface area contributed by atoms with E-state index in [0.717, 1.165) is 51.9 Å². The number of nitrogens with one attached hydrogen (secondary N) is 1. The smallest absolute Gasteiger partial charge is 0.240 e. The van der Waals surface area contributed by atoms with Crippen molar-refractivity contribution in [3.8, 4) is 0 Å². The van der Waals surface area contributed by atoms with Gasteiger partial charge < -0.3 is 14.6 Å². The first-order chi connectivity index (χ1) is 9.67. The van der Waals surface area contributed by atoms with Gasteiger partial charge >= 0.3 is 0 Å². The number of aryl methyl sites for hydroxylation is 1. The minimum absolute atomic E-state index is 0.0905. The maximum Gasteiger partial charge on any atom is 0.240 e. The van der Waals surface area contributed by atoms with Crippen molar-refractivity contribution in [3.63, 3.8) is 0 Å². The fourth-order valence-electron chi connectivity index (χ4n) is 3.36. The highest BCUT2D eigenvalue weighted by molar-refractivity contribution is 4.94. The second-order valence-corrected chi connectivity index (χ2v) is 6.08. The van der Waals surface area contributed by atoms with Crippen LogP contribution in [0.15, 0.2) is 4.52 Å². The van der Waals surface area contributed by atoms with E-state index in [4.69, 9.17) is 9.26 Å². The van der Waals surface area contributed by atoms with Crippen LogP contribution in [0, 0.1) is 6.92 Å². The maximum absolute atomic E-state index is 6.12. The van der Waals surface area contributed by atoms with Gasteiger partial charge in [0.2, 0.25) is 5.89 Å². The molecule has 0 aromatic carbocycles. The van der Waals surface area contributed by atoms with Gasteiger partial charge in [-0.1, -0.05) is 5.16 Å². The van der Waals surface area contributed by atoms with Crippen molar-refractivity contribution in [2.24, 2.45) is 0 Å². The van der Waals surface area contributed by atoms with Gasteiger partial charge in [-0.15, -0.1) is 0 Å². The predicted octanol–water partition coefficient (Wildman–Crippen LogP) is 1.11. The summed E-state index contributed by atoms with van der Waals surface area (Å²) in [6.45, 7) is 5.57. The molecule has 3 heterocycles. The summed E-state index contributed by atoms with van der Waals surface area (Å²) in [6, 6.07) is 0.536. The van der Waals surface area contributed by atoms with Crippen molar-refractivity contribution >= 4 is 0 Å². The van der Waals surface area contributed by atoms with E-state index in [0.29, 0.717) is 17.8 Å². The molecule has 0 bridgehead atoms. The van der Waals surface area contributed by atoms with Crippen LogP contribution in [0.3, 0.4) is 0 Å². The molecule has 1 unspecified atom stereocenters. The SMILES string of the molecule is Cc1noc(CN(C)C2CCOC3(CCNCC3)C2)n1. The molecule has 1 aromatic heterocycles. The van der Waals surface area contributed by atoms with Crippen molar-refractivity contribution in [3.05, 3.63) is 11.7 Å². The third kappa shape index (κ3) is 3.02. The minimum Gasteiger partial charge on any atom is -0.375 e. The number of rotatable bonds is 3. The van der Waals surface area contributed by atoms with E-state index < -0.39 is 0 Å². The van der Waals surface area contributed by atoms with Gasteiger partial charge in [-0.2, -0.15) is 4.98 Å². The normalized spacial score (nSPS) is 26.2. The third-order valence-corrected chi connectivity index (χ3v) is 4.56. The van der Waals surface area contributed by atoms with Crippen molar-refractivity contribution in [1.29, 1.82) is 0 Å². The van der Waals surface area contributed by atoms with Crippen LogP contribution < -0.4 is 5.32 Å². The molecule has 2 aliphatic rings. The van der Waals surface area contributed by atoms with Gasteiger partial charge in [0.1, 0.15) is 0 Å². The monoisotopic (exact) mass is 280 g/mol. The number of hydrogen-bond acceptors (Lipinski definition) is 6. The molecule has 3 rings (SSSR count). The predicted molar refractivity (Wildman–Crippen MR) is 74.3 cm³/mol. The van der Waals surface area contributed by atoms with E-state index in [-0.39, 0.29) is 5.60 Å². The molecule has 20 heavy (non-hydrogen) atoms. The molecule has 1 N–H and O–H groups in total. The standard InChI is InChI=1S/C14H24N4O2/c1-11-16-13(20-17-11)10-18(2)12-3-8-19-14(9-12)4-6-15-7-5-14/h12,15H,3-10H2,1-2H3. The fourth-order valence-corrected chi connectivity index (χ4v) is 3.36. The summed E-state index contributed by atoms with van der Waals surface area (Å²) >= 11 is 0. The molecular formula is C14H24N4O2. The van der Waals surface area contributed by atoms with Gasteiger partial charge in [0.05, 0.1) is 12.1 Å². The Kier molecular flexibility index (Phi) is 4.05. The minimum atomic E-state index is 0.0905. The molecule has 0 radical (unpaired) electrons. The first-order valence-corrected chi connectivity index (χ1v) is 7.51. The number of hydrogen-bond donors (Lipinski definition) is 1. The van der Waals surface area contributed by atoms with Crippen LogP contribution >= 0.6 is 0 Å². The van der Waals surface area contributed by atoms with Gasteiger partial charge in [-0.25, -0.2) is 0 Å². The van der Waals surface area contributed by atoms with Crippen molar-refractivity contribution in [2.45, 2.75) is 50.8 Å². The van der Waals surface area contributed by atoms with Gasteiger partial charge in [-0.3, -0.25) is 4.90 Å². The lowest BCUT2D eigenvalue weighted by molar-refractivity contribution is -0.119. The molecule has 2 fully saturated rings. The number of piperidine rings is 1. The Balaban J connectivity index is 1.61. The summed E-state index contributed by atoms with van der Waals surface area (Å²) in [5.74, 6) is 1.41. The summed E-state index contributed by atoms with van der Waals surface area (Å²) in [4.78, 5) is 6.62. The van der Waals surface area contributed by atoms with Gasteiger partial charge in [-0.05, 0) is 52.7 Å². The van der Waals surface area contributed by atoms with E-state index in [1.54, 1.807) is 0 Å². The highest BCUT2D eigenvalue weighted by Crippen LogP contribution is 2.34. The average molecular weight is 280 g/mol. The Morgan fingerprint density at radius 1 is 1.40 bits per heavy atom. The molecule has 1 atom stereocenters. The van der Waals surface area contributed by atoms with Crippen LogP contribution in [0.2, 0.25) is 0 Å². The molecule has 1 aromatic rings. The van der Waals surface area contributed by atoms with Crippen LogP contribution in [-0.2, 0) is 11.3 Å². The molecule has 2 aliphatic heterocycles. The molecular weight excluding hydrogens is 256 g/mol.